The Hall–Kier alpha value is -2.17. The fourth-order valence-corrected chi connectivity index (χ4v) is 3.34. The van der Waals surface area contributed by atoms with Crippen LogP contribution in [0.3, 0.4) is 0 Å². The standard InChI is InChI=1S/C24H34N2O2/c1-19(2)14-24(18-28-17-22-12-8-5-9-13-22)25-16-23(26-20(3)27)15-21-10-6-4-7-11-21/h4-13,19,23-25H,14-18H2,1-3H3,(H,26,27)/t23-,24-/m0/s1. The Kier molecular flexibility index (Phi) is 9.73. The predicted molar refractivity (Wildman–Crippen MR) is 115 cm³/mol. The Labute approximate surface area is 169 Å². The lowest BCUT2D eigenvalue weighted by molar-refractivity contribution is -0.119. The molecule has 2 atom stereocenters. The zero-order chi connectivity index (χ0) is 20.2. The number of carbonyl (C=O) groups is 1. The third-order valence-electron chi connectivity index (χ3n) is 4.57. The largest absolute Gasteiger partial charge is 0.375 e. The molecule has 0 unspecified atom stereocenters. The molecule has 28 heavy (non-hydrogen) atoms. The topological polar surface area (TPSA) is 50.4 Å². The summed E-state index contributed by atoms with van der Waals surface area (Å²) >= 11 is 0. The van der Waals surface area contributed by atoms with Crippen LogP contribution in [0.25, 0.3) is 0 Å². The molecule has 0 aliphatic rings. The van der Waals surface area contributed by atoms with E-state index in [1.165, 1.54) is 11.1 Å². The fraction of sp³-hybridized carbons (Fsp3) is 0.458. The highest BCUT2D eigenvalue weighted by Gasteiger charge is 2.16. The first-order valence-electron chi connectivity index (χ1n) is 10.2. The number of ether oxygens (including phenoxy) is 1. The van der Waals surface area contributed by atoms with Crippen molar-refractivity contribution < 1.29 is 9.53 Å². The molecule has 0 aliphatic heterocycles. The lowest BCUT2D eigenvalue weighted by Gasteiger charge is -2.25. The number of nitrogens with one attached hydrogen (secondary N) is 2. The molecule has 0 aliphatic carbocycles. The molecule has 0 bridgehead atoms. The summed E-state index contributed by atoms with van der Waals surface area (Å²) in [6.07, 6.45) is 1.85. The van der Waals surface area contributed by atoms with Crippen molar-refractivity contribution in [2.75, 3.05) is 13.2 Å². The van der Waals surface area contributed by atoms with Crippen LogP contribution in [0.4, 0.5) is 0 Å². The average molecular weight is 383 g/mol. The molecule has 2 N–H and O–H groups in total. The van der Waals surface area contributed by atoms with E-state index in [-0.39, 0.29) is 18.0 Å². The predicted octanol–water partition coefficient (Wildman–Crippen LogP) is 3.95. The fourth-order valence-electron chi connectivity index (χ4n) is 3.34. The molecule has 4 nitrogen and oxygen atoms in total. The van der Waals surface area contributed by atoms with Gasteiger partial charge in [-0.1, -0.05) is 74.5 Å². The van der Waals surface area contributed by atoms with Crippen molar-refractivity contribution in [3.63, 3.8) is 0 Å². The van der Waals surface area contributed by atoms with E-state index in [1.54, 1.807) is 6.92 Å². The second-order valence-corrected chi connectivity index (χ2v) is 7.82. The van der Waals surface area contributed by atoms with Crippen LogP contribution < -0.4 is 10.6 Å². The first-order chi connectivity index (χ1) is 13.5. The number of hydrogen-bond donors (Lipinski definition) is 2. The summed E-state index contributed by atoms with van der Waals surface area (Å²) in [5.41, 5.74) is 2.41. The Morgan fingerprint density at radius 2 is 1.54 bits per heavy atom. The van der Waals surface area contributed by atoms with Gasteiger partial charge >= 0.3 is 0 Å². The monoisotopic (exact) mass is 382 g/mol. The van der Waals surface area contributed by atoms with E-state index in [9.17, 15) is 4.79 Å². The van der Waals surface area contributed by atoms with Crippen molar-refractivity contribution in [2.24, 2.45) is 5.92 Å². The molecule has 1 amide bonds. The summed E-state index contributed by atoms with van der Waals surface area (Å²) < 4.78 is 5.96. The van der Waals surface area contributed by atoms with E-state index in [4.69, 9.17) is 4.74 Å². The van der Waals surface area contributed by atoms with Gasteiger partial charge < -0.3 is 15.4 Å². The van der Waals surface area contributed by atoms with Gasteiger partial charge in [0, 0.05) is 25.6 Å². The average Bonchev–Trinajstić information content (AvgIpc) is 2.66. The zero-order valence-electron chi connectivity index (χ0n) is 17.4. The van der Waals surface area contributed by atoms with Gasteiger partial charge in [0.15, 0.2) is 0 Å². The first kappa shape index (κ1) is 22.1. The number of benzene rings is 2. The highest BCUT2D eigenvalue weighted by Crippen LogP contribution is 2.09. The highest BCUT2D eigenvalue weighted by molar-refractivity contribution is 5.73. The molecule has 2 aromatic carbocycles. The molecule has 0 aromatic heterocycles. The molecule has 0 saturated carbocycles. The first-order valence-corrected chi connectivity index (χ1v) is 10.2. The minimum atomic E-state index is 0.00321. The summed E-state index contributed by atoms with van der Waals surface area (Å²) in [6.45, 7) is 8.02. The zero-order valence-corrected chi connectivity index (χ0v) is 17.4. The third kappa shape index (κ3) is 9.16. The summed E-state index contributed by atoms with van der Waals surface area (Å²) in [4.78, 5) is 11.6. The van der Waals surface area contributed by atoms with Crippen molar-refractivity contribution in [2.45, 2.75) is 52.3 Å². The molecule has 0 saturated heterocycles. The number of carbonyl (C=O) groups excluding carboxylic acids is 1. The lowest BCUT2D eigenvalue weighted by atomic mass is 10.0. The van der Waals surface area contributed by atoms with Crippen molar-refractivity contribution in [1.82, 2.24) is 10.6 Å². The van der Waals surface area contributed by atoms with Crippen molar-refractivity contribution in [3.05, 3.63) is 71.8 Å². The Balaban J connectivity index is 1.87. The van der Waals surface area contributed by atoms with E-state index in [1.807, 2.05) is 36.4 Å². The van der Waals surface area contributed by atoms with Crippen LogP contribution >= 0.6 is 0 Å². The summed E-state index contributed by atoms with van der Waals surface area (Å²) in [6, 6.07) is 20.8. The molecule has 0 fully saturated rings. The Bertz CT molecular complexity index is 674. The van der Waals surface area contributed by atoms with E-state index in [0.29, 0.717) is 19.1 Å². The SMILES string of the molecule is CC(=O)N[C@H](CN[C@H](COCc1ccccc1)CC(C)C)Cc1ccccc1. The summed E-state index contributed by atoms with van der Waals surface area (Å²) in [7, 11) is 0. The normalized spacial score (nSPS) is 13.3. The van der Waals surface area contributed by atoms with Crippen LogP contribution in [0, 0.1) is 5.92 Å². The minimum absolute atomic E-state index is 0.00321. The lowest BCUT2D eigenvalue weighted by Crippen LogP contribution is -2.47. The van der Waals surface area contributed by atoms with Gasteiger partial charge in [-0.15, -0.1) is 0 Å². The van der Waals surface area contributed by atoms with Gasteiger partial charge in [-0.2, -0.15) is 0 Å². The van der Waals surface area contributed by atoms with E-state index in [2.05, 4.69) is 48.7 Å². The maximum Gasteiger partial charge on any atom is 0.217 e. The van der Waals surface area contributed by atoms with Crippen LogP contribution in [0.2, 0.25) is 0 Å². The summed E-state index contributed by atoms with van der Waals surface area (Å²) in [5.74, 6) is 0.578. The van der Waals surface area contributed by atoms with Crippen LogP contribution in [0.1, 0.15) is 38.3 Å². The summed E-state index contributed by atoms with van der Waals surface area (Å²) in [5, 5.41) is 6.70. The van der Waals surface area contributed by atoms with E-state index >= 15 is 0 Å². The second-order valence-electron chi connectivity index (χ2n) is 7.82. The van der Waals surface area contributed by atoms with Crippen LogP contribution in [0.15, 0.2) is 60.7 Å². The molecule has 152 valence electrons. The Morgan fingerprint density at radius 1 is 0.929 bits per heavy atom. The van der Waals surface area contributed by atoms with Gasteiger partial charge in [-0.05, 0) is 29.9 Å². The van der Waals surface area contributed by atoms with E-state index in [0.717, 1.165) is 19.4 Å². The van der Waals surface area contributed by atoms with E-state index < -0.39 is 0 Å². The molecule has 0 heterocycles. The van der Waals surface area contributed by atoms with Gasteiger partial charge in [-0.25, -0.2) is 0 Å². The molecule has 2 rings (SSSR count). The van der Waals surface area contributed by atoms with Crippen LogP contribution in [-0.2, 0) is 22.6 Å². The van der Waals surface area contributed by atoms with Gasteiger partial charge in [-0.3, -0.25) is 4.79 Å². The van der Waals surface area contributed by atoms with Gasteiger partial charge in [0.25, 0.3) is 0 Å². The minimum Gasteiger partial charge on any atom is -0.375 e. The molecule has 4 heteroatoms. The molecule has 0 spiro atoms. The van der Waals surface area contributed by atoms with Gasteiger partial charge in [0.1, 0.15) is 0 Å². The van der Waals surface area contributed by atoms with Crippen molar-refractivity contribution in [1.29, 1.82) is 0 Å². The van der Waals surface area contributed by atoms with Gasteiger partial charge in [0.2, 0.25) is 5.91 Å². The molecular formula is C24H34N2O2. The smallest absolute Gasteiger partial charge is 0.217 e. The van der Waals surface area contributed by atoms with Crippen molar-refractivity contribution >= 4 is 5.91 Å². The van der Waals surface area contributed by atoms with Crippen LogP contribution in [0.5, 0.6) is 0 Å². The third-order valence-corrected chi connectivity index (χ3v) is 4.57. The quantitative estimate of drug-likeness (QED) is 0.584. The molecule has 0 radical (unpaired) electrons. The Morgan fingerprint density at radius 3 is 2.11 bits per heavy atom. The van der Waals surface area contributed by atoms with Crippen LogP contribution in [-0.4, -0.2) is 31.1 Å². The second kappa shape index (κ2) is 12.3. The molecule has 2 aromatic rings. The number of hydrogen-bond acceptors (Lipinski definition) is 3. The number of amides is 1. The highest BCUT2D eigenvalue weighted by atomic mass is 16.5. The maximum absolute atomic E-state index is 11.6. The molecular weight excluding hydrogens is 348 g/mol. The maximum atomic E-state index is 11.6. The van der Waals surface area contributed by atoms with Crippen molar-refractivity contribution in [3.8, 4) is 0 Å². The van der Waals surface area contributed by atoms with Gasteiger partial charge in [0.05, 0.1) is 13.2 Å². The number of rotatable bonds is 12.